The number of nitrogens with zero attached hydrogens (tertiary/aromatic N) is 1. The van der Waals surface area contributed by atoms with Crippen molar-refractivity contribution in [2.45, 2.75) is 6.92 Å². The average molecular weight is 345 g/mol. The largest absolute Gasteiger partial charge is 0.249 e. The number of aromatic nitrogens is 1. The fourth-order valence-corrected chi connectivity index (χ4v) is 1.41. The van der Waals surface area contributed by atoms with Crippen LogP contribution in [0.15, 0.2) is 12.3 Å². The Labute approximate surface area is 81.5 Å². The van der Waals surface area contributed by atoms with Crippen molar-refractivity contribution in [3.05, 3.63) is 25.1 Å². The topological polar surface area (TPSA) is 12.9 Å². The van der Waals surface area contributed by atoms with Crippen LogP contribution in [-0.2, 0) is 0 Å². The highest BCUT2D eigenvalue weighted by molar-refractivity contribution is 14.1. The minimum atomic E-state index is 1.09. The number of pyridine rings is 1. The van der Waals surface area contributed by atoms with Crippen LogP contribution in [0, 0.1) is 14.2 Å². The van der Waals surface area contributed by atoms with Gasteiger partial charge in [0.15, 0.2) is 0 Å². The third-order valence-electron chi connectivity index (χ3n) is 1.04. The first-order valence-electron chi connectivity index (χ1n) is 2.48. The van der Waals surface area contributed by atoms with E-state index >= 15 is 0 Å². The van der Waals surface area contributed by atoms with Crippen molar-refractivity contribution >= 4 is 45.2 Å². The molecule has 0 fully saturated rings. The third kappa shape index (κ3) is 1.76. The van der Waals surface area contributed by atoms with Crippen molar-refractivity contribution in [2.24, 2.45) is 0 Å². The zero-order valence-corrected chi connectivity index (χ0v) is 9.17. The molecule has 0 aliphatic carbocycles. The molecule has 1 aromatic heterocycles. The molecular weight excluding hydrogens is 340 g/mol. The summed E-state index contributed by atoms with van der Waals surface area (Å²) in [5.41, 5.74) is 1.30. The van der Waals surface area contributed by atoms with Crippen molar-refractivity contribution < 1.29 is 0 Å². The number of hydrogen-bond donors (Lipinski definition) is 0. The Morgan fingerprint density at radius 2 is 2.11 bits per heavy atom. The van der Waals surface area contributed by atoms with E-state index in [4.69, 9.17) is 0 Å². The maximum absolute atomic E-state index is 4.12. The molecule has 0 aliphatic heterocycles. The first-order valence-corrected chi connectivity index (χ1v) is 4.64. The molecule has 0 saturated heterocycles. The van der Waals surface area contributed by atoms with Gasteiger partial charge in [0.05, 0.1) is 0 Å². The Kier molecular flexibility index (Phi) is 2.69. The predicted octanol–water partition coefficient (Wildman–Crippen LogP) is 2.60. The van der Waals surface area contributed by atoms with Crippen LogP contribution in [0.1, 0.15) is 5.56 Å². The lowest BCUT2D eigenvalue weighted by Gasteiger charge is -1.96. The normalized spacial score (nSPS) is 9.67. The van der Waals surface area contributed by atoms with E-state index in [1.54, 1.807) is 0 Å². The second-order valence-corrected chi connectivity index (χ2v) is 3.83. The van der Waals surface area contributed by atoms with Gasteiger partial charge in [0.1, 0.15) is 3.70 Å². The number of hydrogen-bond acceptors (Lipinski definition) is 1. The van der Waals surface area contributed by atoms with Gasteiger partial charge in [0.2, 0.25) is 0 Å². The maximum atomic E-state index is 4.12. The number of rotatable bonds is 0. The zero-order valence-electron chi connectivity index (χ0n) is 4.86. The van der Waals surface area contributed by atoms with E-state index in [-0.39, 0.29) is 0 Å². The van der Waals surface area contributed by atoms with Crippen LogP contribution < -0.4 is 0 Å². The van der Waals surface area contributed by atoms with Crippen molar-refractivity contribution in [3.8, 4) is 0 Å². The molecular formula is C6H5I2N. The van der Waals surface area contributed by atoms with Gasteiger partial charge in [-0.1, -0.05) is 0 Å². The summed E-state index contributed by atoms with van der Waals surface area (Å²) >= 11 is 4.53. The van der Waals surface area contributed by atoms with Crippen LogP contribution >= 0.6 is 45.2 Å². The zero-order chi connectivity index (χ0) is 6.85. The average Bonchev–Trinajstić information content (AvgIpc) is 1.83. The third-order valence-corrected chi connectivity index (χ3v) is 4.25. The lowest BCUT2D eigenvalue weighted by atomic mass is 10.3. The molecule has 0 bridgehead atoms. The lowest BCUT2D eigenvalue weighted by Crippen LogP contribution is -1.87. The van der Waals surface area contributed by atoms with E-state index < -0.39 is 0 Å². The molecule has 1 rings (SSSR count). The Balaban J connectivity index is 3.25. The van der Waals surface area contributed by atoms with E-state index in [2.05, 4.69) is 57.1 Å². The van der Waals surface area contributed by atoms with Gasteiger partial charge in [0, 0.05) is 9.77 Å². The van der Waals surface area contributed by atoms with E-state index in [1.165, 1.54) is 9.13 Å². The van der Waals surface area contributed by atoms with Gasteiger partial charge in [-0.25, -0.2) is 4.98 Å². The van der Waals surface area contributed by atoms with Gasteiger partial charge < -0.3 is 0 Å². The van der Waals surface area contributed by atoms with Crippen LogP contribution in [0.5, 0.6) is 0 Å². The van der Waals surface area contributed by atoms with Crippen molar-refractivity contribution in [2.75, 3.05) is 0 Å². The molecule has 0 unspecified atom stereocenters. The molecule has 0 aromatic carbocycles. The molecule has 0 N–H and O–H groups in total. The fraction of sp³-hybridized carbons (Fsp3) is 0.167. The molecule has 0 aliphatic rings. The molecule has 9 heavy (non-hydrogen) atoms. The smallest absolute Gasteiger partial charge is 0.114 e. The van der Waals surface area contributed by atoms with Crippen LogP contribution in [0.2, 0.25) is 0 Å². The van der Waals surface area contributed by atoms with Crippen molar-refractivity contribution in [1.82, 2.24) is 4.98 Å². The lowest BCUT2D eigenvalue weighted by molar-refractivity contribution is 1.21. The standard InChI is InChI=1S/C6H5I2N/c1-4-2-3-9-6(8)5(4)7/h2-3H,1H3. The van der Waals surface area contributed by atoms with E-state index in [1.807, 2.05) is 12.3 Å². The summed E-state index contributed by atoms with van der Waals surface area (Å²) in [6.07, 6.45) is 1.83. The van der Waals surface area contributed by atoms with E-state index in [0.29, 0.717) is 0 Å². The highest BCUT2D eigenvalue weighted by Crippen LogP contribution is 2.15. The summed E-state index contributed by atoms with van der Waals surface area (Å²) in [5, 5.41) is 0. The van der Waals surface area contributed by atoms with Crippen molar-refractivity contribution in [1.29, 1.82) is 0 Å². The summed E-state index contributed by atoms with van der Waals surface area (Å²) < 4.78 is 2.35. The van der Waals surface area contributed by atoms with Gasteiger partial charge in [-0.15, -0.1) is 0 Å². The monoisotopic (exact) mass is 345 g/mol. The van der Waals surface area contributed by atoms with Crippen LogP contribution in [0.25, 0.3) is 0 Å². The Hall–Kier alpha value is 0.610. The summed E-state index contributed by atoms with van der Waals surface area (Å²) in [6.45, 7) is 2.09. The fourth-order valence-electron chi connectivity index (χ4n) is 0.507. The minimum absolute atomic E-state index is 1.09. The molecule has 0 saturated carbocycles. The second kappa shape index (κ2) is 3.14. The molecule has 48 valence electrons. The molecule has 1 aromatic rings. The quantitative estimate of drug-likeness (QED) is 0.521. The maximum Gasteiger partial charge on any atom is 0.114 e. The van der Waals surface area contributed by atoms with Gasteiger partial charge >= 0.3 is 0 Å². The first-order chi connectivity index (χ1) is 4.22. The number of halogens is 2. The Bertz CT molecular complexity index is 202. The predicted molar refractivity (Wildman–Crippen MR) is 54.4 cm³/mol. The molecule has 0 amide bonds. The SMILES string of the molecule is Cc1ccnc(I)c1I. The molecule has 0 spiro atoms. The molecule has 0 atom stereocenters. The summed E-state index contributed by atoms with van der Waals surface area (Å²) in [4.78, 5) is 4.12. The second-order valence-electron chi connectivity index (χ2n) is 1.73. The minimum Gasteiger partial charge on any atom is -0.249 e. The Morgan fingerprint density at radius 1 is 1.44 bits per heavy atom. The first kappa shape index (κ1) is 7.71. The molecule has 3 heteroatoms. The molecule has 0 radical (unpaired) electrons. The van der Waals surface area contributed by atoms with Crippen LogP contribution in [0.4, 0.5) is 0 Å². The molecule has 1 nitrogen and oxygen atoms in total. The summed E-state index contributed by atoms with van der Waals surface area (Å²) in [5.74, 6) is 0. The highest BCUT2D eigenvalue weighted by atomic mass is 127. The molecule has 1 heterocycles. The van der Waals surface area contributed by atoms with Crippen LogP contribution in [-0.4, -0.2) is 4.98 Å². The van der Waals surface area contributed by atoms with E-state index in [9.17, 15) is 0 Å². The summed E-state index contributed by atoms with van der Waals surface area (Å²) in [7, 11) is 0. The highest BCUT2D eigenvalue weighted by Gasteiger charge is 1.97. The van der Waals surface area contributed by atoms with Gasteiger partial charge in [-0.05, 0) is 63.7 Å². The summed E-state index contributed by atoms with van der Waals surface area (Å²) in [6, 6.07) is 2.02. The number of aryl methyl sites for hydroxylation is 1. The van der Waals surface area contributed by atoms with E-state index in [0.717, 1.165) is 3.70 Å². The van der Waals surface area contributed by atoms with Crippen LogP contribution in [0.3, 0.4) is 0 Å². The van der Waals surface area contributed by atoms with Gasteiger partial charge in [-0.3, -0.25) is 0 Å². The van der Waals surface area contributed by atoms with Gasteiger partial charge in [0.25, 0.3) is 0 Å². The Morgan fingerprint density at radius 3 is 2.56 bits per heavy atom. The van der Waals surface area contributed by atoms with Gasteiger partial charge in [-0.2, -0.15) is 0 Å². The van der Waals surface area contributed by atoms with Crippen molar-refractivity contribution in [3.63, 3.8) is 0 Å².